The van der Waals surface area contributed by atoms with Gasteiger partial charge in [0.25, 0.3) is 0 Å². The van der Waals surface area contributed by atoms with Crippen LogP contribution in [-0.4, -0.2) is 29.2 Å². The largest absolute Gasteiger partial charge is 0.457 e. The van der Waals surface area contributed by atoms with Crippen molar-refractivity contribution in [1.82, 2.24) is 4.90 Å². The number of halogens is 3. The van der Waals surface area contributed by atoms with Gasteiger partial charge in [0, 0.05) is 10.2 Å². The van der Waals surface area contributed by atoms with E-state index in [4.69, 9.17) is 27.9 Å². The standard InChI is InChI=1S/C32H21BrCl2N2O4/c33-18-9-13-20(14-10-18)41-21-15-11-19(12-16-21)36-26(38)17-37-29(39)27-28(30(37)40)32(35)23-6-2-1-5-22(23)31(27,34)24-7-3-4-8-25(24)32/h1-16,27-28H,17H2,(H,36,38)/t27-,28+,31?,32?. The first-order valence-corrected chi connectivity index (χ1v) is 14.5. The van der Waals surface area contributed by atoms with Crippen molar-refractivity contribution in [2.75, 3.05) is 11.9 Å². The number of alkyl halides is 2. The van der Waals surface area contributed by atoms with Gasteiger partial charge in [-0.25, -0.2) is 0 Å². The molecular weight excluding hydrogens is 627 g/mol. The molecule has 2 atom stereocenters. The summed E-state index contributed by atoms with van der Waals surface area (Å²) in [6, 6.07) is 29.1. The molecule has 0 aromatic heterocycles. The van der Waals surface area contributed by atoms with Gasteiger partial charge in [-0.15, -0.1) is 23.2 Å². The lowest BCUT2D eigenvalue weighted by molar-refractivity contribution is -0.142. The van der Waals surface area contributed by atoms with Crippen LogP contribution in [0.5, 0.6) is 11.5 Å². The van der Waals surface area contributed by atoms with Crippen LogP contribution in [0.2, 0.25) is 0 Å². The van der Waals surface area contributed by atoms with Gasteiger partial charge in [-0.2, -0.15) is 0 Å². The molecule has 1 saturated heterocycles. The molecular formula is C32H21BrCl2N2O4. The molecule has 1 heterocycles. The van der Waals surface area contributed by atoms with Crippen LogP contribution in [0.3, 0.4) is 0 Å². The SMILES string of the molecule is O=C(CN1C(=O)[C@@H]2[C@H](C1=O)C1(Cl)c3ccccc3C2(Cl)c2ccccc21)Nc1ccc(Oc2ccc(Br)cc2)cc1. The molecule has 1 fully saturated rings. The zero-order chi connectivity index (χ0) is 28.5. The molecule has 4 aromatic rings. The Morgan fingerprint density at radius 2 is 1.15 bits per heavy atom. The van der Waals surface area contributed by atoms with E-state index in [-0.39, 0.29) is 0 Å². The summed E-state index contributed by atoms with van der Waals surface area (Å²) in [5.41, 5.74) is 3.37. The quantitative estimate of drug-likeness (QED) is 0.192. The van der Waals surface area contributed by atoms with Gasteiger partial charge in [0.2, 0.25) is 17.7 Å². The smallest absolute Gasteiger partial charge is 0.244 e. The number of hydrogen-bond acceptors (Lipinski definition) is 4. The van der Waals surface area contributed by atoms with Crippen LogP contribution in [0.25, 0.3) is 0 Å². The van der Waals surface area contributed by atoms with Crippen molar-refractivity contribution in [1.29, 1.82) is 0 Å². The minimum absolute atomic E-state index is 0.450. The van der Waals surface area contributed by atoms with Crippen molar-refractivity contribution < 1.29 is 19.1 Å². The van der Waals surface area contributed by atoms with Crippen molar-refractivity contribution in [3.63, 3.8) is 0 Å². The van der Waals surface area contributed by atoms with Crippen molar-refractivity contribution in [2.24, 2.45) is 11.8 Å². The molecule has 1 N–H and O–H groups in total. The van der Waals surface area contributed by atoms with Crippen molar-refractivity contribution >= 4 is 62.5 Å². The Labute approximate surface area is 254 Å². The number of rotatable bonds is 5. The van der Waals surface area contributed by atoms with E-state index in [1.165, 1.54) is 0 Å². The van der Waals surface area contributed by atoms with Crippen LogP contribution in [-0.2, 0) is 24.1 Å². The summed E-state index contributed by atoms with van der Waals surface area (Å²) >= 11 is 18.2. The molecule has 3 aliphatic carbocycles. The van der Waals surface area contributed by atoms with Gasteiger partial charge >= 0.3 is 0 Å². The van der Waals surface area contributed by atoms with Gasteiger partial charge in [-0.1, -0.05) is 64.5 Å². The van der Waals surface area contributed by atoms with E-state index < -0.39 is 45.9 Å². The number of nitrogens with one attached hydrogen (secondary N) is 1. The summed E-state index contributed by atoms with van der Waals surface area (Å²) in [5, 5.41) is 2.77. The van der Waals surface area contributed by atoms with Crippen molar-refractivity contribution in [3.8, 4) is 11.5 Å². The topological polar surface area (TPSA) is 75.7 Å². The number of imide groups is 1. The molecule has 0 spiro atoms. The van der Waals surface area contributed by atoms with Crippen LogP contribution in [0, 0.1) is 11.8 Å². The maximum atomic E-state index is 13.9. The highest BCUT2D eigenvalue weighted by atomic mass is 79.9. The molecule has 0 saturated carbocycles. The first-order valence-electron chi connectivity index (χ1n) is 13.0. The fourth-order valence-electron chi connectivity index (χ4n) is 6.47. The third-order valence-corrected chi connectivity index (χ3v) is 9.98. The molecule has 3 amide bonds. The van der Waals surface area contributed by atoms with Crippen molar-refractivity contribution in [3.05, 3.63) is 124 Å². The summed E-state index contributed by atoms with van der Waals surface area (Å²) in [6.07, 6.45) is 0. The zero-order valence-corrected chi connectivity index (χ0v) is 24.4. The molecule has 41 heavy (non-hydrogen) atoms. The zero-order valence-electron chi connectivity index (χ0n) is 21.3. The normalized spacial score (nSPS) is 25.4. The van der Waals surface area contributed by atoms with E-state index in [2.05, 4.69) is 21.2 Å². The van der Waals surface area contributed by atoms with Crippen LogP contribution < -0.4 is 10.1 Å². The minimum atomic E-state index is -1.28. The summed E-state index contributed by atoms with van der Waals surface area (Å²) in [6.45, 7) is -0.450. The highest BCUT2D eigenvalue weighted by Crippen LogP contribution is 2.69. The Morgan fingerprint density at radius 3 is 1.59 bits per heavy atom. The van der Waals surface area contributed by atoms with Gasteiger partial charge in [0.1, 0.15) is 27.8 Å². The van der Waals surface area contributed by atoms with Gasteiger partial charge in [-0.3, -0.25) is 19.3 Å². The molecule has 0 unspecified atom stereocenters. The predicted octanol–water partition coefficient (Wildman–Crippen LogP) is 6.77. The third kappa shape index (κ3) is 3.79. The fraction of sp³-hybridized carbons (Fsp3) is 0.156. The monoisotopic (exact) mass is 646 g/mol. The van der Waals surface area contributed by atoms with Gasteiger partial charge < -0.3 is 10.1 Å². The first kappa shape index (κ1) is 26.3. The molecule has 2 bridgehead atoms. The Bertz CT molecular complexity index is 1620. The van der Waals surface area contributed by atoms with E-state index in [1.807, 2.05) is 72.8 Å². The fourth-order valence-corrected chi connectivity index (χ4v) is 7.83. The van der Waals surface area contributed by atoms with Gasteiger partial charge in [0.15, 0.2) is 0 Å². The lowest BCUT2D eigenvalue weighted by Gasteiger charge is -2.54. The van der Waals surface area contributed by atoms with E-state index in [1.54, 1.807) is 24.3 Å². The lowest BCUT2D eigenvalue weighted by Crippen LogP contribution is -2.57. The maximum absolute atomic E-state index is 13.9. The Hall–Kier alpha value is -3.65. The second kappa shape index (κ2) is 9.44. The minimum Gasteiger partial charge on any atom is -0.457 e. The second-order valence-corrected chi connectivity index (χ2v) is 12.5. The number of carbonyl (C=O) groups is 3. The van der Waals surface area contributed by atoms with Crippen LogP contribution in [0.15, 0.2) is 102 Å². The molecule has 1 aliphatic heterocycles. The second-order valence-electron chi connectivity index (χ2n) is 10.4. The number of benzene rings is 4. The number of anilines is 1. The first-order chi connectivity index (χ1) is 19.7. The van der Waals surface area contributed by atoms with Gasteiger partial charge in [-0.05, 0) is 70.8 Å². The van der Waals surface area contributed by atoms with E-state index in [0.717, 1.165) is 31.6 Å². The number of hydrogen-bond donors (Lipinski definition) is 1. The lowest BCUT2D eigenvalue weighted by atomic mass is 9.54. The van der Waals surface area contributed by atoms with E-state index in [9.17, 15) is 14.4 Å². The van der Waals surface area contributed by atoms with E-state index in [0.29, 0.717) is 17.2 Å². The summed E-state index contributed by atoms with van der Waals surface area (Å²) in [4.78, 5) is 39.3. The molecule has 4 aliphatic rings. The third-order valence-electron chi connectivity index (χ3n) is 8.17. The summed E-state index contributed by atoms with van der Waals surface area (Å²) < 4.78 is 6.77. The molecule has 9 heteroatoms. The van der Waals surface area contributed by atoms with Crippen LogP contribution in [0.1, 0.15) is 22.3 Å². The summed E-state index contributed by atoms with van der Waals surface area (Å²) in [7, 11) is 0. The Kier molecular flexibility index (Phi) is 6.05. The number of carbonyl (C=O) groups excluding carboxylic acids is 3. The van der Waals surface area contributed by atoms with Gasteiger partial charge in [0.05, 0.1) is 11.8 Å². The highest BCUT2D eigenvalue weighted by Gasteiger charge is 2.73. The number of likely N-dealkylation sites (tertiary alicyclic amines) is 1. The highest BCUT2D eigenvalue weighted by molar-refractivity contribution is 9.10. The number of nitrogens with zero attached hydrogens (tertiary/aromatic N) is 1. The molecule has 8 rings (SSSR count). The molecule has 6 nitrogen and oxygen atoms in total. The average molecular weight is 648 g/mol. The Balaban J connectivity index is 1.14. The predicted molar refractivity (Wildman–Crippen MR) is 159 cm³/mol. The number of ether oxygens (including phenoxy) is 1. The molecule has 204 valence electrons. The van der Waals surface area contributed by atoms with Crippen molar-refractivity contribution in [2.45, 2.75) is 9.75 Å². The Morgan fingerprint density at radius 1 is 0.732 bits per heavy atom. The van der Waals surface area contributed by atoms with Crippen LogP contribution >= 0.6 is 39.1 Å². The molecule has 0 radical (unpaired) electrons. The van der Waals surface area contributed by atoms with E-state index >= 15 is 0 Å². The van der Waals surface area contributed by atoms with Crippen LogP contribution in [0.4, 0.5) is 5.69 Å². The number of amides is 3. The average Bonchev–Trinajstić information content (AvgIpc) is 3.24. The molecule has 4 aromatic carbocycles. The maximum Gasteiger partial charge on any atom is 0.244 e. The summed E-state index contributed by atoms with van der Waals surface area (Å²) in [5.74, 6) is -2.14.